The first-order chi connectivity index (χ1) is 13.7. The Morgan fingerprint density at radius 2 is 1.52 bits per heavy atom. The first-order valence-electron chi connectivity index (χ1n) is 8.49. The van der Waals surface area contributed by atoms with E-state index in [0.29, 0.717) is 39.1 Å². The van der Waals surface area contributed by atoms with Crippen LogP contribution in [0.3, 0.4) is 0 Å². The van der Waals surface area contributed by atoms with Gasteiger partial charge in [-0.25, -0.2) is 0 Å². The second-order valence-corrected chi connectivity index (χ2v) is 6.58. The minimum atomic E-state index is -4.74. The van der Waals surface area contributed by atoms with E-state index < -0.39 is 6.36 Å². The Kier molecular flexibility index (Phi) is 5.91. The van der Waals surface area contributed by atoms with Gasteiger partial charge in [-0.3, -0.25) is 0 Å². The minimum absolute atomic E-state index is 0.208. The number of aliphatic hydroxyl groups excluding tert-OH is 1. The maximum Gasteiger partial charge on any atom is 0.573 e. The van der Waals surface area contributed by atoms with Gasteiger partial charge in [0.25, 0.3) is 0 Å². The van der Waals surface area contributed by atoms with Crippen molar-refractivity contribution in [2.45, 2.75) is 13.3 Å². The van der Waals surface area contributed by atoms with E-state index in [1.807, 2.05) is 0 Å². The molecule has 0 unspecified atom stereocenters. The topological polar surface area (TPSA) is 50.7 Å². The zero-order chi connectivity index (χ0) is 21.2. The van der Waals surface area contributed by atoms with Crippen molar-refractivity contribution in [3.05, 3.63) is 82.7 Å². The number of allylic oxidation sites excluding steroid dienone is 4. The summed E-state index contributed by atoms with van der Waals surface area (Å²) in [6.45, 7) is 5.59. The molecule has 29 heavy (non-hydrogen) atoms. The third-order valence-corrected chi connectivity index (χ3v) is 4.64. The number of ether oxygens (including phenoxy) is 2. The number of nitrogens with one attached hydrogen (secondary N) is 1. The van der Waals surface area contributed by atoms with E-state index in [9.17, 15) is 18.3 Å². The Labute approximate surface area is 170 Å². The highest BCUT2D eigenvalue weighted by Gasteiger charge is 2.31. The summed E-state index contributed by atoms with van der Waals surface area (Å²) in [6.07, 6.45) is -4.74. The third-order valence-electron chi connectivity index (χ3n) is 4.13. The monoisotopic (exact) mass is 423 g/mol. The van der Waals surface area contributed by atoms with Crippen molar-refractivity contribution >= 4 is 17.2 Å². The molecular formula is C21H17ClF3NO3. The average molecular weight is 424 g/mol. The number of alkyl halides is 3. The van der Waals surface area contributed by atoms with Crippen LogP contribution in [0.2, 0.25) is 0 Å². The van der Waals surface area contributed by atoms with Crippen molar-refractivity contribution in [1.82, 2.24) is 5.32 Å². The van der Waals surface area contributed by atoms with Gasteiger partial charge in [0.15, 0.2) is 0 Å². The van der Waals surface area contributed by atoms with Gasteiger partial charge in [0, 0.05) is 17.0 Å². The summed E-state index contributed by atoms with van der Waals surface area (Å²) in [5, 5.41) is 13.2. The number of dihydropyridines is 1. The fraction of sp³-hybridized carbons (Fsp3) is 0.143. The molecule has 0 aliphatic carbocycles. The Morgan fingerprint density at radius 1 is 1.00 bits per heavy atom. The summed E-state index contributed by atoms with van der Waals surface area (Å²) < 4.78 is 46.1. The van der Waals surface area contributed by atoms with Gasteiger partial charge in [0.1, 0.15) is 17.2 Å². The van der Waals surface area contributed by atoms with Gasteiger partial charge in [-0.1, -0.05) is 30.3 Å². The largest absolute Gasteiger partial charge is 0.573 e. The SMILES string of the molecule is C=C1C(Cl)=C(C)NC(CO)=C1c1ccc(Oc2ccc(OC(F)(F)F)cc2)cc1. The molecule has 0 fully saturated rings. The quantitative estimate of drug-likeness (QED) is 0.646. The van der Waals surface area contributed by atoms with Crippen LogP contribution < -0.4 is 14.8 Å². The number of hydrogen-bond acceptors (Lipinski definition) is 4. The fourth-order valence-electron chi connectivity index (χ4n) is 2.86. The highest BCUT2D eigenvalue weighted by atomic mass is 35.5. The molecule has 152 valence electrons. The lowest BCUT2D eigenvalue weighted by Crippen LogP contribution is -2.22. The molecule has 4 nitrogen and oxygen atoms in total. The summed E-state index contributed by atoms with van der Waals surface area (Å²) in [4.78, 5) is 0. The van der Waals surface area contributed by atoms with E-state index in [0.717, 1.165) is 5.56 Å². The molecule has 0 saturated carbocycles. The Hall–Kier alpha value is -2.90. The molecule has 1 heterocycles. The number of hydrogen-bond donors (Lipinski definition) is 2. The van der Waals surface area contributed by atoms with E-state index in [2.05, 4.69) is 16.6 Å². The molecule has 0 aromatic heterocycles. The highest BCUT2D eigenvalue weighted by molar-refractivity contribution is 6.34. The van der Waals surface area contributed by atoms with Crippen molar-refractivity contribution in [1.29, 1.82) is 0 Å². The minimum Gasteiger partial charge on any atom is -0.457 e. The second kappa shape index (κ2) is 8.23. The van der Waals surface area contributed by atoms with Gasteiger partial charge in [0.2, 0.25) is 0 Å². The summed E-state index contributed by atoms with van der Waals surface area (Å²) in [5.41, 5.74) is 3.37. The smallest absolute Gasteiger partial charge is 0.457 e. The third kappa shape index (κ3) is 4.93. The lowest BCUT2D eigenvalue weighted by Gasteiger charge is -2.24. The molecule has 2 aromatic carbocycles. The Balaban J connectivity index is 1.76. The molecule has 1 aliphatic rings. The van der Waals surface area contributed by atoms with Crippen LogP contribution in [-0.4, -0.2) is 18.1 Å². The standard InChI is InChI=1S/C21H17ClF3NO3/c1-12-19(18(11-27)26-13(2)20(12)22)14-3-5-15(6-4-14)28-16-7-9-17(10-8-16)29-21(23,24)25/h3-10,26-27H,1,11H2,2H3. The van der Waals surface area contributed by atoms with E-state index >= 15 is 0 Å². The Bertz CT molecular complexity index is 978. The van der Waals surface area contributed by atoms with E-state index in [1.165, 1.54) is 24.3 Å². The fourth-order valence-corrected chi connectivity index (χ4v) is 3.01. The zero-order valence-electron chi connectivity index (χ0n) is 15.3. The number of halogens is 4. The van der Waals surface area contributed by atoms with Gasteiger partial charge in [0.05, 0.1) is 11.6 Å². The van der Waals surface area contributed by atoms with Gasteiger partial charge < -0.3 is 19.9 Å². The molecule has 2 N–H and O–H groups in total. The molecular weight excluding hydrogens is 407 g/mol. The van der Waals surface area contributed by atoms with Gasteiger partial charge >= 0.3 is 6.36 Å². The van der Waals surface area contributed by atoms with Crippen molar-refractivity contribution in [2.75, 3.05) is 6.61 Å². The predicted octanol–water partition coefficient (Wildman–Crippen LogP) is 5.71. The van der Waals surface area contributed by atoms with Crippen LogP contribution in [0.15, 0.2) is 77.1 Å². The molecule has 0 amide bonds. The van der Waals surface area contributed by atoms with Crippen LogP contribution in [0.1, 0.15) is 12.5 Å². The molecule has 3 rings (SSSR count). The highest BCUT2D eigenvalue weighted by Crippen LogP contribution is 2.37. The summed E-state index contributed by atoms with van der Waals surface area (Å²) in [6, 6.07) is 12.0. The van der Waals surface area contributed by atoms with Crippen molar-refractivity contribution in [2.24, 2.45) is 0 Å². The first-order valence-corrected chi connectivity index (χ1v) is 8.87. The van der Waals surface area contributed by atoms with E-state index in [-0.39, 0.29) is 12.4 Å². The van der Waals surface area contributed by atoms with Crippen LogP contribution in [0.25, 0.3) is 5.57 Å². The molecule has 0 atom stereocenters. The molecule has 2 aromatic rings. The van der Waals surface area contributed by atoms with Crippen LogP contribution in [0, 0.1) is 0 Å². The summed E-state index contributed by atoms with van der Waals surface area (Å²) in [5.74, 6) is 0.511. The Morgan fingerprint density at radius 3 is 2.03 bits per heavy atom. The van der Waals surface area contributed by atoms with E-state index in [1.54, 1.807) is 31.2 Å². The summed E-state index contributed by atoms with van der Waals surface area (Å²) >= 11 is 6.27. The molecule has 1 aliphatic heterocycles. The van der Waals surface area contributed by atoms with Gasteiger partial charge in [-0.15, -0.1) is 13.2 Å². The predicted molar refractivity (Wildman–Crippen MR) is 104 cm³/mol. The average Bonchev–Trinajstić information content (AvgIpc) is 2.67. The summed E-state index contributed by atoms with van der Waals surface area (Å²) in [7, 11) is 0. The van der Waals surface area contributed by atoms with Crippen LogP contribution in [0.5, 0.6) is 17.2 Å². The maximum absolute atomic E-state index is 12.2. The lowest BCUT2D eigenvalue weighted by molar-refractivity contribution is -0.274. The number of rotatable bonds is 5. The number of benzene rings is 2. The first kappa shape index (κ1) is 20.8. The van der Waals surface area contributed by atoms with Gasteiger partial charge in [-0.2, -0.15) is 0 Å². The molecule has 0 spiro atoms. The lowest BCUT2D eigenvalue weighted by atomic mass is 9.93. The normalized spacial score (nSPS) is 14.8. The van der Waals surface area contributed by atoms with Crippen LogP contribution in [-0.2, 0) is 0 Å². The number of aliphatic hydroxyl groups is 1. The molecule has 0 bridgehead atoms. The van der Waals surface area contributed by atoms with Gasteiger partial charge in [-0.05, 0) is 54.5 Å². The van der Waals surface area contributed by atoms with Crippen LogP contribution in [0.4, 0.5) is 13.2 Å². The second-order valence-electron chi connectivity index (χ2n) is 6.20. The van der Waals surface area contributed by atoms with Crippen molar-refractivity contribution in [3.63, 3.8) is 0 Å². The molecule has 0 radical (unpaired) electrons. The van der Waals surface area contributed by atoms with Crippen LogP contribution >= 0.6 is 11.6 Å². The van der Waals surface area contributed by atoms with Crippen molar-refractivity contribution in [3.8, 4) is 17.2 Å². The van der Waals surface area contributed by atoms with E-state index in [4.69, 9.17) is 16.3 Å². The zero-order valence-corrected chi connectivity index (χ0v) is 16.1. The van der Waals surface area contributed by atoms with Crippen molar-refractivity contribution < 1.29 is 27.8 Å². The molecule has 0 saturated heterocycles. The molecule has 8 heteroatoms. The maximum atomic E-state index is 12.2.